The van der Waals surface area contributed by atoms with Crippen LogP contribution in [-0.4, -0.2) is 11.7 Å². The zero-order valence-corrected chi connectivity index (χ0v) is 7.83. The molecule has 0 unspecified atom stereocenters. The van der Waals surface area contributed by atoms with E-state index in [4.69, 9.17) is 0 Å². The van der Waals surface area contributed by atoms with E-state index in [1.807, 2.05) is 18.2 Å². The number of rotatable bonds is 1. The summed E-state index contributed by atoms with van der Waals surface area (Å²) in [5.74, 6) is 1.12. The van der Waals surface area contributed by atoms with Gasteiger partial charge in [0.25, 0.3) is 0 Å². The third-order valence-corrected chi connectivity index (χ3v) is 2.66. The minimum Gasteiger partial charge on any atom is -0.508 e. The molecule has 1 fully saturated rings. The van der Waals surface area contributed by atoms with Crippen molar-refractivity contribution in [1.82, 2.24) is 5.32 Å². The molecule has 70 valence electrons. The van der Waals surface area contributed by atoms with Crippen LogP contribution in [0.1, 0.15) is 24.9 Å². The molecular formula is C11H15NO. The first kappa shape index (κ1) is 8.57. The first-order chi connectivity index (χ1) is 6.27. The third-order valence-electron chi connectivity index (χ3n) is 2.66. The topological polar surface area (TPSA) is 32.3 Å². The summed E-state index contributed by atoms with van der Waals surface area (Å²) in [7, 11) is 0. The van der Waals surface area contributed by atoms with Crippen molar-refractivity contribution in [2.45, 2.75) is 19.4 Å². The standard InChI is InChI=1S/C11H15NO/c1-8-6-10(12-7-8)9-4-2-3-5-11(9)13/h2-5,8,10,12-13H,6-7H2,1H3/t8-,10-/m1/s1. The number of hydrogen-bond donors (Lipinski definition) is 2. The fourth-order valence-electron chi connectivity index (χ4n) is 1.93. The highest BCUT2D eigenvalue weighted by atomic mass is 16.3. The first-order valence-corrected chi connectivity index (χ1v) is 4.78. The molecule has 13 heavy (non-hydrogen) atoms. The lowest BCUT2D eigenvalue weighted by Gasteiger charge is -2.11. The summed E-state index contributed by atoms with van der Waals surface area (Å²) in [5.41, 5.74) is 1.03. The van der Waals surface area contributed by atoms with E-state index in [2.05, 4.69) is 12.2 Å². The number of benzene rings is 1. The van der Waals surface area contributed by atoms with E-state index in [1.165, 1.54) is 0 Å². The Balaban J connectivity index is 2.21. The normalized spacial score (nSPS) is 27.8. The molecule has 1 aliphatic rings. The number of hydrogen-bond acceptors (Lipinski definition) is 2. The summed E-state index contributed by atoms with van der Waals surface area (Å²) in [4.78, 5) is 0. The second-order valence-electron chi connectivity index (χ2n) is 3.86. The molecule has 1 heterocycles. The zero-order valence-electron chi connectivity index (χ0n) is 7.83. The average molecular weight is 177 g/mol. The fourth-order valence-corrected chi connectivity index (χ4v) is 1.93. The van der Waals surface area contributed by atoms with Crippen molar-refractivity contribution in [1.29, 1.82) is 0 Å². The van der Waals surface area contributed by atoms with E-state index >= 15 is 0 Å². The molecule has 2 N–H and O–H groups in total. The van der Waals surface area contributed by atoms with Crippen molar-refractivity contribution in [2.75, 3.05) is 6.54 Å². The van der Waals surface area contributed by atoms with Crippen LogP contribution in [0.5, 0.6) is 5.75 Å². The monoisotopic (exact) mass is 177 g/mol. The van der Waals surface area contributed by atoms with Gasteiger partial charge in [-0.05, 0) is 24.9 Å². The van der Waals surface area contributed by atoms with Gasteiger partial charge in [0.05, 0.1) is 0 Å². The van der Waals surface area contributed by atoms with Crippen molar-refractivity contribution in [3.63, 3.8) is 0 Å². The predicted molar refractivity (Wildman–Crippen MR) is 52.6 cm³/mol. The zero-order chi connectivity index (χ0) is 9.26. The molecule has 1 aromatic carbocycles. The quantitative estimate of drug-likeness (QED) is 0.688. The van der Waals surface area contributed by atoms with E-state index in [9.17, 15) is 5.11 Å². The van der Waals surface area contributed by atoms with E-state index in [0.29, 0.717) is 17.7 Å². The molecule has 2 rings (SSSR count). The molecule has 0 radical (unpaired) electrons. The Morgan fingerprint density at radius 2 is 2.15 bits per heavy atom. The van der Waals surface area contributed by atoms with Crippen LogP contribution in [0.4, 0.5) is 0 Å². The van der Waals surface area contributed by atoms with Crippen LogP contribution in [0, 0.1) is 5.92 Å². The van der Waals surface area contributed by atoms with Crippen molar-refractivity contribution >= 4 is 0 Å². The molecule has 2 nitrogen and oxygen atoms in total. The van der Waals surface area contributed by atoms with Gasteiger partial charge in [0.15, 0.2) is 0 Å². The number of phenolic OH excluding ortho intramolecular Hbond substituents is 1. The molecule has 0 bridgehead atoms. The van der Waals surface area contributed by atoms with Crippen molar-refractivity contribution in [3.05, 3.63) is 29.8 Å². The second-order valence-corrected chi connectivity index (χ2v) is 3.86. The van der Waals surface area contributed by atoms with Crippen LogP contribution in [-0.2, 0) is 0 Å². The SMILES string of the molecule is C[C@H]1CN[C@@H](c2ccccc2O)C1. The van der Waals surface area contributed by atoms with Gasteiger partial charge in [-0.15, -0.1) is 0 Å². The maximum atomic E-state index is 9.62. The lowest BCUT2D eigenvalue weighted by Crippen LogP contribution is -2.13. The number of nitrogens with one attached hydrogen (secondary N) is 1. The molecule has 1 saturated heterocycles. The Morgan fingerprint density at radius 3 is 2.77 bits per heavy atom. The Labute approximate surface area is 78.6 Å². The molecule has 2 atom stereocenters. The second kappa shape index (κ2) is 3.38. The maximum Gasteiger partial charge on any atom is 0.120 e. The molecular weight excluding hydrogens is 162 g/mol. The first-order valence-electron chi connectivity index (χ1n) is 4.78. The Morgan fingerprint density at radius 1 is 1.38 bits per heavy atom. The van der Waals surface area contributed by atoms with E-state index in [1.54, 1.807) is 6.07 Å². The van der Waals surface area contributed by atoms with Crippen LogP contribution in [0.15, 0.2) is 24.3 Å². The Bertz CT molecular complexity index is 298. The Kier molecular flexibility index (Phi) is 2.23. The third kappa shape index (κ3) is 1.68. The fraction of sp³-hybridized carbons (Fsp3) is 0.455. The van der Waals surface area contributed by atoms with Crippen LogP contribution in [0.2, 0.25) is 0 Å². The molecule has 1 aromatic rings. The molecule has 0 aromatic heterocycles. The van der Waals surface area contributed by atoms with Gasteiger partial charge in [0.2, 0.25) is 0 Å². The van der Waals surface area contributed by atoms with Gasteiger partial charge in [0.1, 0.15) is 5.75 Å². The van der Waals surface area contributed by atoms with E-state index < -0.39 is 0 Å². The van der Waals surface area contributed by atoms with Gasteiger partial charge in [-0.1, -0.05) is 25.1 Å². The lowest BCUT2D eigenvalue weighted by atomic mass is 10.0. The van der Waals surface area contributed by atoms with Crippen molar-refractivity contribution in [3.8, 4) is 5.75 Å². The summed E-state index contributed by atoms with van der Waals surface area (Å²) >= 11 is 0. The smallest absolute Gasteiger partial charge is 0.120 e. The van der Waals surface area contributed by atoms with Gasteiger partial charge in [0, 0.05) is 11.6 Å². The molecule has 0 aliphatic carbocycles. The van der Waals surface area contributed by atoms with Crippen molar-refractivity contribution in [2.24, 2.45) is 5.92 Å². The summed E-state index contributed by atoms with van der Waals surface area (Å²) in [5, 5.41) is 13.0. The van der Waals surface area contributed by atoms with Crippen molar-refractivity contribution < 1.29 is 5.11 Å². The minimum atomic E-state index is 0.344. The van der Waals surface area contributed by atoms with Gasteiger partial charge >= 0.3 is 0 Å². The van der Waals surface area contributed by atoms with Gasteiger partial charge < -0.3 is 10.4 Å². The van der Waals surface area contributed by atoms with Gasteiger partial charge in [-0.25, -0.2) is 0 Å². The highest BCUT2D eigenvalue weighted by molar-refractivity contribution is 5.35. The maximum absolute atomic E-state index is 9.62. The number of aromatic hydroxyl groups is 1. The summed E-state index contributed by atoms with van der Waals surface area (Å²) < 4.78 is 0. The number of phenols is 1. The summed E-state index contributed by atoms with van der Waals surface area (Å²) in [6.07, 6.45) is 1.12. The van der Waals surface area contributed by atoms with Gasteiger partial charge in [-0.3, -0.25) is 0 Å². The minimum absolute atomic E-state index is 0.344. The molecule has 2 heteroatoms. The van der Waals surface area contributed by atoms with E-state index in [-0.39, 0.29) is 0 Å². The van der Waals surface area contributed by atoms with Crippen LogP contribution in [0.25, 0.3) is 0 Å². The lowest BCUT2D eigenvalue weighted by molar-refractivity contribution is 0.456. The highest BCUT2D eigenvalue weighted by Gasteiger charge is 2.23. The average Bonchev–Trinajstić information content (AvgIpc) is 2.53. The molecule has 0 saturated carbocycles. The Hall–Kier alpha value is -1.02. The van der Waals surface area contributed by atoms with E-state index in [0.717, 1.165) is 18.5 Å². The predicted octanol–water partition coefficient (Wildman–Crippen LogP) is 2.06. The van der Waals surface area contributed by atoms with Crippen LogP contribution >= 0.6 is 0 Å². The molecule has 0 amide bonds. The summed E-state index contributed by atoms with van der Waals surface area (Å²) in [6, 6.07) is 7.92. The summed E-state index contributed by atoms with van der Waals surface area (Å²) in [6.45, 7) is 3.28. The largest absolute Gasteiger partial charge is 0.508 e. The number of para-hydroxylation sites is 1. The highest BCUT2D eigenvalue weighted by Crippen LogP contribution is 2.31. The van der Waals surface area contributed by atoms with Crippen LogP contribution < -0.4 is 5.32 Å². The molecule has 0 spiro atoms. The molecule has 1 aliphatic heterocycles. The van der Waals surface area contributed by atoms with Crippen LogP contribution in [0.3, 0.4) is 0 Å². The van der Waals surface area contributed by atoms with Gasteiger partial charge in [-0.2, -0.15) is 0 Å².